The molecule has 0 spiro atoms. The maximum atomic E-state index is 12.5. The summed E-state index contributed by atoms with van der Waals surface area (Å²) in [5.41, 5.74) is 8.59. The molecule has 0 radical (unpaired) electrons. The molecule has 2 rings (SSSR count). The highest BCUT2D eigenvalue weighted by Crippen LogP contribution is 2.24. The van der Waals surface area contributed by atoms with Gasteiger partial charge < -0.3 is 5.73 Å². The minimum Gasteiger partial charge on any atom is -0.326 e. The summed E-state index contributed by atoms with van der Waals surface area (Å²) in [4.78, 5) is 0.400. The summed E-state index contributed by atoms with van der Waals surface area (Å²) < 4.78 is 27.8. The summed E-state index contributed by atoms with van der Waals surface area (Å²) in [6, 6.07) is 3.60. The fourth-order valence-electron chi connectivity index (χ4n) is 2.98. The molecule has 4 nitrogen and oxygen atoms in total. The summed E-state index contributed by atoms with van der Waals surface area (Å²) in [7, 11) is -3.48. The van der Waals surface area contributed by atoms with Gasteiger partial charge in [-0.05, 0) is 44.7 Å². The molecule has 2 unspecified atom stereocenters. The van der Waals surface area contributed by atoms with Crippen molar-refractivity contribution < 1.29 is 8.42 Å². The third-order valence-corrected chi connectivity index (χ3v) is 5.54. The van der Waals surface area contributed by atoms with Crippen LogP contribution in [-0.4, -0.2) is 20.5 Å². The Morgan fingerprint density at radius 1 is 1.16 bits per heavy atom. The van der Waals surface area contributed by atoms with Crippen LogP contribution in [0.5, 0.6) is 0 Å². The zero-order valence-corrected chi connectivity index (χ0v) is 12.5. The predicted octanol–water partition coefficient (Wildman–Crippen LogP) is 1.77. The monoisotopic (exact) mass is 282 g/mol. The molecule has 2 atom stereocenters. The van der Waals surface area contributed by atoms with Gasteiger partial charge in [0.25, 0.3) is 0 Å². The molecule has 1 aliphatic rings. The van der Waals surface area contributed by atoms with Crippen molar-refractivity contribution in [1.82, 2.24) is 4.72 Å². The van der Waals surface area contributed by atoms with Gasteiger partial charge in [-0.15, -0.1) is 0 Å². The Morgan fingerprint density at radius 3 is 2.21 bits per heavy atom. The van der Waals surface area contributed by atoms with Crippen LogP contribution in [-0.2, 0) is 10.0 Å². The van der Waals surface area contributed by atoms with Gasteiger partial charge >= 0.3 is 0 Å². The van der Waals surface area contributed by atoms with Crippen LogP contribution >= 0.6 is 0 Å². The third kappa shape index (κ3) is 2.99. The number of rotatable bonds is 3. The van der Waals surface area contributed by atoms with Crippen molar-refractivity contribution in [3.8, 4) is 0 Å². The zero-order chi connectivity index (χ0) is 14.2. The second-order valence-corrected chi connectivity index (χ2v) is 7.20. The molecule has 19 heavy (non-hydrogen) atoms. The number of hydrogen-bond acceptors (Lipinski definition) is 3. The molecule has 106 valence electrons. The van der Waals surface area contributed by atoms with E-state index in [1.54, 1.807) is 0 Å². The fraction of sp³-hybridized carbons (Fsp3) is 0.571. The molecular weight excluding hydrogens is 260 g/mol. The van der Waals surface area contributed by atoms with Crippen LogP contribution in [0.15, 0.2) is 17.0 Å². The first-order valence-corrected chi connectivity index (χ1v) is 8.15. The highest BCUT2D eigenvalue weighted by atomic mass is 32.2. The molecule has 0 saturated heterocycles. The van der Waals surface area contributed by atoms with Crippen LogP contribution in [0.4, 0.5) is 0 Å². The Bertz CT molecular complexity index is 558. The number of nitrogens with two attached hydrogens (primary N) is 1. The first-order chi connectivity index (χ1) is 8.81. The highest BCUT2D eigenvalue weighted by molar-refractivity contribution is 7.89. The Hall–Kier alpha value is -0.910. The van der Waals surface area contributed by atoms with E-state index in [4.69, 9.17) is 5.73 Å². The van der Waals surface area contributed by atoms with Gasteiger partial charge in [-0.2, -0.15) is 0 Å². The van der Waals surface area contributed by atoms with Crippen LogP contribution in [0.25, 0.3) is 0 Å². The van der Waals surface area contributed by atoms with Crippen LogP contribution in [0, 0.1) is 20.8 Å². The first-order valence-electron chi connectivity index (χ1n) is 6.67. The average molecular weight is 282 g/mol. The van der Waals surface area contributed by atoms with Crippen molar-refractivity contribution in [1.29, 1.82) is 0 Å². The van der Waals surface area contributed by atoms with Crippen LogP contribution < -0.4 is 10.5 Å². The molecular formula is C14H22N2O2S. The van der Waals surface area contributed by atoms with Gasteiger partial charge in [0.1, 0.15) is 0 Å². The second-order valence-electron chi connectivity index (χ2n) is 5.55. The van der Waals surface area contributed by atoms with Crippen LogP contribution in [0.2, 0.25) is 0 Å². The predicted molar refractivity (Wildman–Crippen MR) is 76.6 cm³/mol. The maximum absolute atomic E-state index is 12.5. The zero-order valence-electron chi connectivity index (χ0n) is 11.7. The first kappa shape index (κ1) is 14.5. The van der Waals surface area contributed by atoms with Gasteiger partial charge in [-0.1, -0.05) is 24.1 Å². The van der Waals surface area contributed by atoms with Gasteiger partial charge in [0, 0.05) is 12.1 Å². The summed E-state index contributed by atoms with van der Waals surface area (Å²) >= 11 is 0. The van der Waals surface area contributed by atoms with Crippen molar-refractivity contribution in [3.63, 3.8) is 0 Å². The van der Waals surface area contributed by atoms with E-state index in [0.29, 0.717) is 4.90 Å². The minimum atomic E-state index is -3.48. The molecule has 0 amide bonds. The van der Waals surface area contributed by atoms with Gasteiger partial charge in [0.2, 0.25) is 10.0 Å². The smallest absolute Gasteiger partial charge is 0.241 e. The summed E-state index contributed by atoms with van der Waals surface area (Å²) in [6.45, 7) is 5.64. The van der Waals surface area contributed by atoms with E-state index in [9.17, 15) is 8.42 Å². The molecule has 0 aromatic heterocycles. The molecule has 5 heteroatoms. The molecule has 0 aliphatic heterocycles. The molecule has 0 bridgehead atoms. The van der Waals surface area contributed by atoms with E-state index in [1.807, 2.05) is 32.9 Å². The highest BCUT2D eigenvalue weighted by Gasteiger charge is 2.30. The minimum absolute atomic E-state index is 0.0687. The topological polar surface area (TPSA) is 72.2 Å². The Morgan fingerprint density at radius 2 is 1.74 bits per heavy atom. The van der Waals surface area contributed by atoms with Crippen molar-refractivity contribution in [2.24, 2.45) is 5.73 Å². The normalized spacial score (nSPS) is 23.8. The quantitative estimate of drug-likeness (QED) is 0.887. The van der Waals surface area contributed by atoms with Gasteiger partial charge in [0.05, 0.1) is 4.90 Å². The molecule has 1 saturated carbocycles. The standard InChI is InChI=1S/C14H22N2O2S/c1-9-7-10(2)14(11(3)8-9)19(17,18)16-13-6-4-5-12(13)15/h7-8,12-13,16H,4-6,15H2,1-3H3. The van der Waals surface area contributed by atoms with E-state index in [-0.39, 0.29) is 12.1 Å². The van der Waals surface area contributed by atoms with Gasteiger partial charge in [-0.3, -0.25) is 0 Å². The SMILES string of the molecule is Cc1cc(C)c(S(=O)(=O)NC2CCCC2N)c(C)c1. The van der Waals surface area contributed by atoms with Crippen molar-refractivity contribution in [2.45, 2.75) is 57.0 Å². The van der Waals surface area contributed by atoms with E-state index in [1.165, 1.54) is 0 Å². The molecule has 1 fully saturated rings. The van der Waals surface area contributed by atoms with E-state index in [2.05, 4.69) is 4.72 Å². The average Bonchev–Trinajstić information content (AvgIpc) is 2.61. The lowest BCUT2D eigenvalue weighted by molar-refractivity contribution is 0.521. The van der Waals surface area contributed by atoms with Crippen LogP contribution in [0.3, 0.4) is 0 Å². The van der Waals surface area contributed by atoms with Gasteiger partial charge in [-0.25, -0.2) is 13.1 Å². The number of hydrogen-bond donors (Lipinski definition) is 2. The van der Waals surface area contributed by atoms with Crippen molar-refractivity contribution in [2.75, 3.05) is 0 Å². The Labute approximate surface area is 115 Å². The maximum Gasteiger partial charge on any atom is 0.241 e. The molecule has 1 aliphatic carbocycles. The van der Waals surface area contributed by atoms with Crippen molar-refractivity contribution >= 4 is 10.0 Å². The Balaban J connectivity index is 2.34. The Kier molecular flexibility index (Phi) is 3.99. The summed E-state index contributed by atoms with van der Waals surface area (Å²) in [5, 5.41) is 0. The number of benzene rings is 1. The fourth-order valence-corrected chi connectivity index (χ4v) is 4.76. The van der Waals surface area contributed by atoms with E-state index < -0.39 is 10.0 Å². The molecule has 0 heterocycles. The molecule has 3 N–H and O–H groups in total. The number of sulfonamides is 1. The van der Waals surface area contributed by atoms with Crippen molar-refractivity contribution in [3.05, 3.63) is 28.8 Å². The molecule has 1 aromatic carbocycles. The van der Waals surface area contributed by atoms with Crippen LogP contribution in [0.1, 0.15) is 36.0 Å². The lowest BCUT2D eigenvalue weighted by Crippen LogP contribution is -2.44. The van der Waals surface area contributed by atoms with E-state index >= 15 is 0 Å². The number of aryl methyl sites for hydroxylation is 3. The summed E-state index contributed by atoms with van der Waals surface area (Å²) in [6.07, 6.45) is 2.70. The molecule has 1 aromatic rings. The second kappa shape index (κ2) is 5.23. The largest absolute Gasteiger partial charge is 0.326 e. The number of nitrogens with one attached hydrogen (secondary N) is 1. The summed E-state index contributed by atoms with van der Waals surface area (Å²) in [5.74, 6) is 0. The van der Waals surface area contributed by atoms with Gasteiger partial charge in [0.15, 0.2) is 0 Å². The lowest BCUT2D eigenvalue weighted by Gasteiger charge is -2.19. The van der Waals surface area contributed by atoms with E-state index in [0.717, 1.165) is 36.0 Å². The third-order valence-electron chi connectivity index (χ3n) is 3.75. The lowest BCUT2D eigenvalue weighted by atomic mass is 10.1.